The predicted molar refractivity (Wildman–Crippen MR) is 116 cm³/mol. The van der Waals surface area contributed by atoms with Crippen LogP contribution in [0.4, 0.5) is 5.69 Å². The van der Waals surface area contributed by atoms with Gasteiger partial charge in [0.1, 0.15) is 17.1 Å². The van der Waals surface area contributed by atoms with Crippen molar-refractivity contribution >= 4 is 35.5 Å². The second-order valence-electron chi connectivity index (χ2n) is 6.67. The number of hydrogen-bond donors (Lipinski definition) is 2. The standard InChI is InChI=1S/C23H23NO9/c1-5-14-19(21(27)24-17-10-8-7-9-15(17)23(30)31-6-2)18(32-12(3)25)11-16(22(28)29)20(14)33-13(4)26/h7-11H,5-6H2,1-4H3,(H,24,27)(H,28,29). The summed E-state index contributed by atoms with van der Waals surface area (Å²) in [7, 11) is 0. The van der Waals surface area contributed by atoms with E-state index in [1.807, 2.05) is 0 Å². The summed E-state index contributed by atoms with van der Waals surface area (Å²) < 4.78 is 15.2. The summed E-state index contributed by atoms with van der Waals surface area (Å²) in [6.07, 6.45) is 0.0558. The molecular weight excluding hydrogens is 434 g/mol. The van der Waals surface area contributed by atoms with Crippen LogP contribution in [-0.4, -0.2) is 41.5 Å². The van der Waals surface area contributed by atoms with Gasteiger partial charge in [0, 0.05) is 25.5 Å². The lowest BCUT2D eigenvalue weighted by atomic mass is 9.97. The molecular formula is C23H23NO9. The summed E-state index contributed by atoms with van der Waals surface area (Å²) in [5.41, 5.74) is -0.433. The van der Waals surface area contributed by atoms with Gasteiger partial charge in [0.25, 0.3) is 5.91 Å². The average molecular weight is 457 g/mol. The first-order chi connectivity index (χ1) is 15.6. The molecule has 0 bridgehead atoms. The summed E-state index contributed by atoms with van der Waals surface area (Å²) in [6.45, 7) is 5.54. The van der Waals surface area contributed by atoms with E-state index in [9.17, 15) is 29.1 Å². The van der Waals surface area contributed by atoms with Crippen molar-refractivity contribution in [2.75, 3.05) is 11.9 Å². The van der Waals surface area contributed by atoms with Crippen molar-refractivity contribution in [1.29, 1.82) is 0 Å². The lowest BCUT2D eigenvalue weighted by molar-refractivity contribution is -0.133. The molecule has 174 valence electrons. The zero-order chi connectivity index (χ0) is 24.7. The molecule has 0 aromatic heterocycles. The first-order valence-corrected chi connectivity index (χ1v) is 9.98. The number of carboxylic acid groups (broad SMARTS) is 1. The number of carbonyl (C=O) groups is 5. The molecule has 0 aliphatic carbocycles. The number of carbonyl (C=O) groups excluding carboxylic acids is 4. The third kappa shape index (κ3) is 5.94. The van der Waals surface area contributed by atoms with Gasteiger partial charge in [-0.15, -0.1) is 0 Å². The maximum Gasteiger partial charge on any atom is 0.340 e. The molecule has 33 heavy (non-hydrogen) atoms. The van der Waals surface area contributed by atoms with Gasteiger partial charge in [-0.05, 0) is 25.5 Å². The van der Waals surface area contributed by atoms with Crippen LogP contribution < -0.4 is 14.8 Å². The first-order valence-electron chi connectivity index (χ1n) is 9.98. The Morgan fingerprint density at radius 3 is 2.12 bits per heavy atom. The van der Waals surface area contributed by atoms with Crippen molar-refractivity contribution in [3.8, 4) is 11.5 Å². The fourth-order valence-corrected chi connectivity index (χ4v) is 3.10. The maximum atomic E-state index is 13.3. The fourth-order valence-electron chi connectivity index (χ4n) is 3.10. The van der Waals surface area contributed by atoms with E-state index >= 15 is 0 Å². The highest BCUT2D eigenvalue weighted by molar-refractivity contribution is 6.12. The Balaban J connectivity index is 2.70. The van der Waals surface area contributed by atoms with E-state index < -0.39 is 35.3 Å². The molecule has 0 saturated heterocycles. The summed E-state index contributed by atoms with van der Waals surface area (Å²) >= 11 is 0. The number of para-hydroxylation sites is 1. The van der Waals surface area contributed by atoms with E-state index in [1.54, 1.807) is 26.0 Å². The molecule has 0 heterocycles. The maximum absolute atomic E-state index is 13.3. The molecule has 0 aliphatic heterocycles. The predicted octanol–water partition coefficient (Wildman–Crippen LogP) is 3.23. The minimum atomic E-state index is -1.45. The van der Waals surface area contributed by atoms with Crippen LogP contribution in [-0.2, 0) is 20.7 Å². The summed E-state index contributed by atoms with van der Waals surface area (Å²) in [5.74, 6) is -5.19. The van der Waals surface area contributed by atoms with Gasteiger partial charge in [0.05, 0.1) is 23.4 Å². The number of aromatic carboxylic acids is 1. The molecule has 1 amide bonds. The highest BCUT2D eigenvalue weighted by atomic mass is 16.5. The Labute approximate surface area is 189 Å². The molecule has 2 rings (SSSR count). The van der Waals surface area contributed by atoms with E-state index in [-0.39, 0.29) is 46.9 Å². The molecule has 0 saturated carbocycles. The number of hydrogen-bond acceptors (Lipinski definition) is 8. The van der Waals surface area contributed by atoms with Crippen LogP contribution >= 0.6 is 0 Å². The van der Waals surface area contributed by atoms with Gasteiger partial charge in [-0.1, -0.05) is 19.1 Å². The number of anilines is 1. The Morgan fingerprint density at radius 2 is 1.58 bits per heavy atom. The van der Waals surface area contributed by atoms with Crippen molar-refractivity contribution < 1.29 is 43.3 Å². The van der Waals surface area contributed by atoms with E-state index in [4.69, 9.17) is 14.2 Å². The average Bonchev–Trinajstić information content (AvgIpc) is 2.73. The molecule has 2 N–H and O–H groups in total. The van der Waals surface area contributed by atoms with E-state index in [0.717, 1.165) is 19.9 Å². The van der Waals surface area contributed by atoms with Gasteiger partial charge in [-0.2, -0.15) is 0 Å². The molecule has 10 heteroatoms. The number of rotatable bonds is 8. The molecule has 0 fully saturated rings. The van der Waals surface area contributed by atoms with Crippen molar-refractivity contribution in [2.24, 2.45) is 0 Å². The second kappa shape index (κ2) is 10.9. The Kier molecular flexibility index (Phi) is 8.27. The normalized spacial score (nSPS) is 10.2. The summed E-state index contributed by atoms with van der Waals surface area (Å²) in [6, 6.07) is 7.04. The third-order valence-corrected chi connectivity index (χ3v) is 4.32. The first kappa shape index (κ1) is 25.1. The van der Waals surface area contributed by atoms with Gasteiger partial charge < -0.3 is 24.6 Å². The Morgan fingerprint density at radius 1 is 0.939 bits per heavy atom. The molecule has 0 spiro atoms. The van der Waals surface area contributed by atoms with Crippen LogP contribution in [0.5, 0.6) is 11.5 Å². The second-order valence-corrected chi connectivity index (χ2v) is 6.67. The van der Waals surface area contributed by atoms with Crippen LogP contribution in [0.25, 0.3) is 0 Å². The van der Waals surface area contributed by atoms with E-state index in [1.165, 1.54) is 12.1 Å². The molecule has 10 nitrogen and oxygen atoms in total. The van der Waals surface area contributed by atoms with Crippen molar-refractivity contribution in [1.82, 2.24) is 0 Å². The number of amides is 1. The smallest absolute Gasteiger partial charge is 0.340 e. The van der Waals surface area contributed by atoms with Gasteiger partial charge >= 0.3 is 23.9 Å². The third-order valence-electron chi connectivity index (χ3n) is 4.32. The van der Waals surface area contributed by atoms with Crippen molar-refractivity contribution in [2.45, 2.75) is 34.1 Å². The van der Waals surface area contributed by atoms with E-state index in [2.05, 4.69) is 5.32 Å². The minimum absolute atomic E-state index is 0.0347. The number of esters is 3. The van der Waals surface area contributed by atoms with Crippen LogP contribution in [0.2, 0.25) is 0 Å². The molecule has 0 atom stereocenters. The quantitative estimate of drug-likeness (QED) is 0.451. The SMILES string of the molecule is CCOC(=O)c1ccccc1NC(=O)c1c(OC(C)=O)cc(C(=O)O)c(OC(C)=O)c1CC. The zero-order valence-corrected chi connectivity index (χ0v) is 18.5. The van der Waals surface area contributed by atoms with Gasteiger partial charge in [0.2, 0.25) is 0 Å². The highest BCUT2D eigenvalue weighted by Gasteiger charge is 2.29. The minimum Gasteiger partial charge on any atom is -0.478 e. The number of carboxylic acids is 1. The Hall–Kier alpha value is -4.21. The molecule has 2 aromatic rings. The lowest BCUT2D eigenvalue weighted by Gasteiger charge is -2.19. The summed E-state index contributed by atoms with van der Waals surface area (Å²) in [4.78, 5) is 60.6. The van der Waals surface area contributed by atoms with Crippen molar-refractivity contribution in [3.05, 3.63) is 52.6 Å². The Bertz CT molecular complexity index is 1120. The monoisotopic (exact) mass is 457 g/mol. The number of ether oxygens (including phenoxy) is 3. The van der Waals surface area contributed by atoms with Gasteiger partial charge in [0.15, 0.2) is 0 Å². The molecule has 0 unspecified atom stereocenters. The largest absolute Gasteiger partial charge is 0.478 e. The fraction of sp³-hybridized carbons (Fsp3) is 0.261. The van der Waals surface area contributed by atoms with E-state index in [0.29, 0.717) is 0 Å². The number of nitrogens with one attached hydrogen (secondary N) is 1. The summed E-state index contributed by atoms with van der Waals surface area (Å²) in [5, 5.41) is 12.2. The molecule has 0 radical (unpaired) electrons. The molecule has 0 aliphatic rings. The highest BCUT2D eigenvalue weighted by Crippen LogP contribution is 2.36. The van der Waals surface area contributed by atoms with Gasteiger partial charge in [-0.3, -0.25) is 14.4 Å². The van der Waals surface area contributed by atoms with Crippen LogP contribution in [0, 0.1) is 0 Å². The zero-order valence-electron chi connectivity index (χ0n) is 18.5. The topological polar surface area (TPSA) is 145 Å². The number of benzene rings is 2. The lowest BCUT2D eigenvalue weighted by Crippen LogP contribution is -2.21. The molecule has 2 aromatic carbocycles. The van der Waals surface area contributed by atoms with Gasteiger partial charge in [-0.25, -0.2) is 9.59 Å². The van der Waals surface area contributed by atoms with Crippen LogP contribution in [0.3, 0.4) is 0 Å². The van der Waals surface area contributed by atoms with Crippen LogP contribution in [0.15, 0.2) is 30.3 Å². The van der Waals surface area contributed by atoms with Crippen LogP contribution in [0.1, 0.15) is 64.3 Å². The van der Waals surface area contributed by atoms with Crippen molar-refractivity contribution in [3.63, 3.8) is 0 Å².